The molecule has 4 aromatic rings. The van der Waals surface area contributed by atoms with Crippen molar-refractivity contribution in [2.24, 2.45) is 17.9 Å². The molecule has 5 heterocycles. The minimum absolute atomic E-state index is 0.710. The van der Waals surface area contributed by atoms with Crippen LogP contribution in [0.3, 0.4) is 0 Å². The summed E-state index contributed by atoms with van der Waals surface area (Å²) in [6.45, 7) is 0. The zero-order valence-electron chi connectivity index (χ0n) is 19.2. The monoisotopic (exact) mass is 515 g/mol. The van der Waals surface area contributed by atoms with Crippen LogP contribution in [0.2, 0.25) is 0 Å². The molecule has 2 aliphatic heterocycles. The third-order valence-corrected chi connectivity index (χ3v) is 10.8. The Morgan fingerprint density at radius 1 is 0.486 bits per heavy atom. The van der Waals surface area contributed by atoms with Crippen molar-refractivity contribution in [1.29, 1.82) is 0 Å². The average molecular weight is 517 g/mol. The number of aromatic amines is 2. The van der Waals surface area contributed by atoms with Crippen molar-refractivity contribution in [3.8, 4) is 0 Å². The molecule has 173 valence electrons. The molecule has 0 aliphatic carbocycles. The molecule has 8 nitrogen and oxygen atoms in total. The van der Waals surface area contributed by atoms with Crippen LogP contribution in [0.4, 0.5) is 0 Å². The van der Waals surface area contributed by atoms with Crippen molar-refractivity contribution in [3.63, 3.8) is 0 Å². The van der Waals surface area contributed by atoms with Gasteiger partial charge in [-0.05, 0) is 72.8 Å². The van der Waals surface area contributed by atoms with Crippen molar-refractivity contribution in [2.45, 2.75) is 0 Å². The Balaban J connectivity index is 0.000000195. The summed E-state index contributed by atoms with van der Waals surface area (Å²) in [6.07, 6.45) is 8.09. The van der Waals surface area contributed by atoms with Crippen molar-refractivity contribution in [3.05, 3.63) is 102 Å². The molecule has 0 amide bonds. The number of hydrogen-bond donors (Lipinski definition) is 6. The van der Waals surface area contributed by atoms with Gasteiger partial charge in [-0.2, -0.15) is 0 Å². The number of nitrogens with zero attached hydrogens (tertiary/aromatic N) is 2. The third-order valence-electron chi connectivity index (χ3n) is 5.83. The van der Waals surface area contributed by atoms with Gasteiger partial charge in [0.2, 0.25) is 0 Å². The van der Waals surface area contributed by atoms with E-state index in [-0.39, 0.29) is 0 Å². The second-order valence-corrected chi connectivity index (χ2v) is 20.7. The molecule has 8 bridgehead atoms. The van der Waals surface area contributed by atoms with Crippen molar-refractivity contribution in [2.75, 3.05) is 0 Å². The fourth-order valence-corrected chi connectivity index (χ4v) is 6.82. The SMILES string of the molecule is C1=Cc2cc3ccc(cc4nc(cc5ccc(cc1n2)[nH]5)C=C4)[nH]3.[NH2][Zn]([NH2])([NH2])([NH2])[c]1ccccc1. The maximum absolute atomic E-state index is 5.65. The Morgan fingerprint density at radius 2 is 0.829 bits per heavy atom. The van der Waals surface area contributed by atoms with Gasteiger partial charge in [0.05, 0.1) is 22.8 Å². The first kappa shape index (κ1) is 23.0. The molecule has 9 heteroatoms. The van der Waals surface area contributed by atoms with Crippen LogP contribution in [0, 0.1) is 0 Å². The molecule has 6 rings (SSSR count). The van der Waals surface area contributed by atoms with Crippen LogP contribution in [0.25, 0.3) is 46.4 Å². The van der Waals surface area contributed by atoms with Crippen LogP contribution < -0.4 is 22.1 Å². The Bertz CT molecular complexity index is 1420. The summed E-state index contributed by atoms with van der Waals surface area (Å²) in [5.74, 6) is 0. The Kier molecular flexibility index (Phi) is 5.80. The molecular formula is C26H27N8Zn. The second kappa shape index (κ2) is 8.81. The van der Waals surface area contributed by atoms with Crippen LogP contribution in [-0.4, -0.2) is 19.9 Å². The zero-order chi connectivity index (χ0) is 24.5. The quantitative estimate of drug-likeness (QED) is 0.184. The molecule has 0 saturated carbocycles. The van der Waals surface area contributed by atoms with Gasteiger partial charge in [0, 0.05) is 22.1 Å². The number of rotatable bonds is 1. The van der Waals surface area contributed by atoms with E-state index in [1.165, 1.54) is 0 Å². The standard InChI is InChI=1S/C20H14N4.C6H5.4H2N.Zn/c1-2-14-10-16-5-6-18(23-16)12-20-8-7-19(24-20)11-17-4-3-15(22-17)9-13(1)21-14;1-2-4-6-5-3-1;;;;;/h1-12,21,24H;1-5H;4*1H2;/q;;4*-1;+4. The Hall–Kier alpha value is -3.72. The number of H-pyrrole nitrogens is 2. The van der Waals surface area contributed by atoms with Crippen molar-refractivity contribution < 1.29 is 14.6 Å². The number of aromatic nitrogens is 4. The van der Waals surface area contributed by atoms with Crippen LogP contribution in [0.15, 0.2) is 78.9 Å². The summed E-state index contributed by atoms with van der Waals surface area (Å²) in [5, 5.41) is 0. The van der Waals surface area contributed by atoms with Gasteiger partial charge in [0.1, 0.15) is 0 Å². The molecule has 0 atom stereocenters. The molecule has 0 fully saturated rings. The topological polar surface area (TPSA) is 161 Å². The Morgan fingerprint density at radius 3 is 1.11 bits per heavy atom. The summed E-state index contributed by atoms with van der Waals surface area (Å²) < 4.78 is 23.3. The molecule has 1 aromatic carbocycles. The summed E-state index contributed by atoms with van der Waals surface area (Å²) in [7, 11) is 0. The number of benzene rings is 1. The second-order valence-electron chi connectivity index (χ2n) is 9.62. The predicted molar refractivity (Wildman–Crippen MR) is 142 cm³/mol. The van der Waals surface area contributed by atoms with Crippen molar-refractivity contribution in [1.82, 2.24) is 19.9 Å². The molecule has 10 N–H and O–H groups in total. The summed E-state index contributed by atoms with van der Waals surface area (Å²) in [4.78, 5) is 16.0. The van der Waals surface area contributed by atoms with Crippen molar-refractivity contribution >= 4 is 50.5 Å². The van der Waals surface area contributed by atoms with Gasteiger partial charge in [0.25, 0.3) is 0 Å². The number of fused-ring (bicyclic) bond motifs is 8. The molecule has 0 spiro atoms. The van der Waals surface area contributed by atoms with Gasteiger partial charge < -0.3 is 9.97 Å². The van der Waals surface area contributed by atoms with E-state index in [1.807, 2.05) is 66.8 Å². The van der Waals surface area contributed by atoms with Crippen LogP contribution in [0.1, 0.15) is 22.8 Å². The number of nitrogens with two attached hydrogens (primary N) is 4. The molecule has 3 aromatic heterocycles. The average Bonchev–Trinajstić information content (AvgIpc) is 3.60. The molecule has 0 saturated heterocycles. The predicted octanol–water partition coefficient (Wildman–Crippen LogP) is 3.15. The molecule has 2 aliphatic rings. The first-order valence-corrected chi connectivity index (χ1v) is 20.1. The van der Waals surface area contributed by atoms with Crippen LogP contribution >= 0.6 is 0 Å². The number of nitrogens with one attached hydrogen (secondary N) is 2. The van der Waals surface area contributed by atoms with E-state index in [9.17, 15) is 0 Å². The van der Waals surface area contributed by atoms with E-state index < -0.39 is 14.6 Å². The summed E-state index contributed by atoms with van der Waals surface area (Å²) >= 11 is -4.40. The molecule has 0 unspecified atom stereocenters. The Labute approximate surface area is 204 Å². The first-order chi connectivity index (χ1) is 16.7. The van der Waals surface area contributed by atoms with Gasteiger partial charge in [-0.25, -0.2) is 9.97 Å². The fourth-order valence-electron chi connectivity index (χ4n) is 3.97. The summed E-state index contributed by atoms with van der Waals surface area (Å²) in [5.41, 5.74) is 7.86. The van der Waals surface area contributed by atoms with Gasteiger partial charge in [-0.3, -0.25) is 0 Å². The van der Waals surface area contributed by atoms with Crippen LogP contribution in [-0.2, 0) is 14.6 Å². The fraction of sp³-hybridized carbons (Fsp3) is 0. The molecule has 0 radical (unpaired) electrons. The van der Waals surface area contributed by atoms with E-state index in [1.54, 1.807) is 12.1 Å². The van der Waals surface area contributed by atoms with E-state index >= 15 is 0 Å². The van der Waals surface area contributed by atoms with E-state index in [0.29, 0.717) is 4.16 Å². The van der Waals surface area contributed by atoms with Gasteiger partial charge in [0.15, 0.2) is 0 Å². The number of hydrogen-bond acceptors (Lipinski definition) is 6. The van der Waals surface area contributed by atoms with Gasteiger partial charge in [-0.1, -0.05) is 0 Å². The third kappa shape index (κ3) is 5.86. The van der Waals surface area contributed by atoms with E-state index in [0.717, 1.165) is 44.8 Å². The van der Waals surface area contributed by atoms with Gasteiger partial charge >= 0.3 is 66.9 Å². The molecule has 35 heavy (non-hydrogen) atoms. The summed E-state index contributed by atoms with van der Waals surface area (Å²) in [6, 6.07) is 25.4. The minimum atomic E-state index is -4.40. The first-order valence-electron chi connectivity index (χ1n) is 11.7. The van der Waals surface area contributed by atoms with Gasteiger partial charge in [-0.15, -0.1) is 0 Å². The normalized spacial score (nSPS) is 12.8. The molecular weight excluding hydrogens is 490 g/mol. The maximum atomic E-state index is 5.65. The zero-order valence-corrected chi connectivity index (χ0v) is 22.2. The van der Waals surface area contributed by atoms with E-state index in [2.05, 4.69) is 44.2 Å². The van der Waals surface area contributed by atoms with Crippen LogP contribution in [0.5, 0.6) is 0 Å². The van der Waals surface area contributed by atoms with E-state index in [4.69, 9.17) is 17.9 Å².